The van der Waals surface area contributed by atoms with E-state index in [4.69, 9.17) is 16.7 Å². The van der Waals surface area contributed by atoms with Gasteiger partial charge < -0.3 is 5.11 Å². The molecule has 0 atom stereocenters. The van der Waals surface area contributed by atoms with E-state index in [1.807, 2.05) is 0 Å². The number of aromatic carboxylic acids is 1. The van der Waals surface area contributed by atoms with E-state index >= 15 is 0 Å². The summed E-state index contributed by atoms with van der Waals surface area (Å²) in [4.78, 5) is 14.5. The lowest BCUT2D eigenvalue weighted by Crippen LogP contribution is -2.05. The minimum absolute atomic E-state index is 0.00852. The predicted molar refractivity (Wildman–Crippen MR) is 58.4 cm³/mol. The van der Waals surface area contributed by atoms with Gasteiger partial charge in [-0.15, -0.1) is 0 Å². The topological polar surface area (TPSA) is 50.2 Å². The summed E-state index contributed by atoms with van der Waals surface area (Å²) >= 11 is 5.88. The van der Waals surface area contributed by atoms with Crippen molar-refractivity contribution in [1.82, 2.24) is 4.98 Å². The van der Waals surface area contributed by atoms with E-state index in [0.29, 0.717) is 6.07 Å². The highest BCUT2D eigenvalue weighted by atomic mass is 35.5. The maximum absolute atomic E-state index is 13.4. The Bertz CT molecular complexity index is 643. The van der Waals surface area contributed by atoms with E-state index in [1.165, 1.54) is 6.92 Å². The third-order valence-electron chi connectivity index (χ3n) is 2.38. The van der Waals surface area contributed by atoms with Gasteiger partial charge in [-0.3, -0.25) is 0 Å². The molecule has 3 nitrogen and oxygen atoms in total. The van der Waals surface area contributed by atoms with Gasteiger partial charge in [0.15, 0.2) is 11.5 Å². The van der Waals surface area contributed by atoms with Crippen LogP contribution in [-0.2, 0) is 0 Å². The molecule has 0 aliphatic carbocycles. The Kier molecular flexibility index (Phi) is 2.71. The quantitative estimate of drug-likeness (QED) is 0.854. The molecule has 1 aromatic carbocycles. The van der Waals surface area contributed by atoms with Crippen molar-refractivity contribution >= 4 is 28.5 Å². The lowest BCUT2D eigenvalue weighted by atomic mass is 10.1. The van der Waals surface area contributed by atoms with Crippen molar-refractivity contribution in [2.45, 2.75) is 6.92 Å². The maximum Gasteiger partial charge on any atom is 0.354 e. The SMILES string of the molecule is Cc1c(C(=O)O)nc2c(F)cc(F)cc2c1Cl. The fourth-order valence-electron chi connectivity index (χ4n) is 1.56. The minimum Gasteiger partial charge on any atom is -0.477 e. The molecule has 0 radical (unpaired) electrons. The van der Waals surface area contributed by atoms with Crippen LogP contribution in [0.4, 0.5) is 8.78 Å². The molecule has 2 aromatic rings. The summed E-state index contributed by atoms with van der Waals surface area (Å²) in [6.45, 7) is 1.43. The first-order chi connectivity index (χ1) is 7.91. The Hall–Kier alpha value is -1.75. The second-order valence-electron chi connectivity index (χ2n) is 3.49. The average molecular weight is 258 g/mol. The maximum atomic E-state index is 13.4. The van der Waals surface area contributed by atoms with Gasteiger partial charge in [0.25, 0.3) is 0 Å². The van der Waals surface area contributed by atoms with Crippen LogP contribution in [-0.4, -0.2) is 16.1 Å². The number of carboxylic acids is 1. The number of aromatic nitrogens is 1. The van der Waals surface area contributed by atoms with Gasteiger partial charge in [0, 0.05) is 17.0 Å². The molecule has 2 rings (SSSR count). The molecule has 17 heavy (non-hydrogen) atoms. The number of carboxylic acid groups (broad SMARTS) is 1. The molecule has 1 N–H and O–H groups in total. The van der Waals surface area contributed by atoms with Gasteiger partial charge >= 0.3 is 5.97 Å². The van der Waals surface area contributed by atoms with Gasteiger partial charge in [-0.05, 0) is 13.0 Å². The summed E-state index contributed by atoms with van der Waals surface area (Å²) in [5.41, 5.74) is -0.413. The Morgan fingerprint density at radius 1 is 1.41 bits per heavy atom. The van der Waals surface area contributed by atoms with Crippen LogP contribution in [0.5, 0.6) is 0 Å². The Morgan fingerprint density at radius 2 is 2.06 bits per heavy atom. The van der Waals surface area contributed by atoms with E-state index in [9.17, 15) is 13.6 Å². The van der Waals surface area contributed by atoms with Crippen LogP contribution in [0, 0.1) is 18.6 Å². The predicted octanol–water partition coefficient (Wildman–Crippen LogP) is 3.17. The van der Waals surface area contributed by atoms with Gasteiger partial charge in [0.1, 0.15) is 11.3 Å². The van der Waals surface area contributed by atoms with Crippen LogP contribution in [0.3, 0.4) is 0 Å². The van der Waals surface area contributed by atoms with E-state index < -0.39 is 17.6 Å². The monoisotopic (exact) mass is 257 g/mol. The molecule has 0 aliphatic heterocycles. The Morgan fingerprint density at radius 3 is 2.65 bits per heavy atom. The van der Waals surface area contributed by atoms with E-state index in [0.717, 1.165) is 6.07 Å². The fraction of sp³-hybridized carbons (Fsp3) is 0.0909. The standard InChI is InChI=1S/C11H6ClF2NO2/c1-4-8(12)6-2-5(13)3-7(14)10(6)15-9(4)11(16)17/h2-3H,1H3,(H,16,17). The Balaban J connectivity index is 2.96. The number of pyridine rings is 1. The fourth-order valence-corrected chi connectivity index (χ4v) is 1.79. The minimum atomic E-state index is -1.31. The number of halogens is 3. The molecule has 1 heterocycles. The molecule has 88 valence electrons. The summed E-state index contributed by atoms with van der Waals surface area (Å²) < 4.78 is 26.5. The molecular weight excluding hydrogens is 252 g/mol. The second kappa shape index (κ2) is 3.92. The van der Waals surface area contributed by atoms with Gasteiger partial charge in [0.2, 0.25) is 0 Å². The van der Waals surface area contributed by atoms with Gasteiger partial charge in [-0.1, -0.05) is 11.6 Å². The first kappa shape index (κ1) is 11.7. The highest BCUT2D eigenvalue weighted by Crippen LogP contribution is 2.29. The zero-order valence-corrected chi connectivity index (χ0v) is 9.35. The van der Waals surface area contributed by atoms with Crippen LogP contribution in [0.1, 0.15) is 16.1 Å². The third kappa shape index (κ3) is 1.82. The molecule has 0 amide bonds. The third-order valence-corrected chi connectivity index (χ3v) is 2.86. The van der Waals surface area contributed by atoms with E-state index in [-0.39, 0.29) is 27.2 Å². The number of hydrogen-bond donors (Lipinski definition) is 1. The summed E-state index contributed by atoms with van der Waals surface area (Å²) in [6.07, 6.45) is 0. The molecule has 0 aliphatic rings. The van der Waals surface area contributed by atoms with Gasteiger partial charge in [-0.25, -0.2) is 18.6 Å². The molecule has 1 aromatic heterocycles. The normalized spacial score (nSPS) is 10.8. The van der Waals surface area contributed by atoms with Crippen LogP contribution < -0.4 is 0 Å². The molecule has 0 saturated heterocycles. The molecule has 0 saturated carbocycles. The van der Waals surface area contributed by atoms with Crippen molar-refractivity contribution < 1.29 is 18.7 Å². The number of benzene rings is 1. The second-order valence-corrected chi connectivity index (χ2v) is 3.87. The van der Waals surface area contributed by atoms with E-state index in [1.54, 1.807) is 0 Å². The number of hydrogen-bond acceptors (Lipinski definition) is 2. The van der Waals surface area contributed by atoms with Crippen LogP contribution in [0.15, 0.2) is 12.1 Å². The zero-order chi connectivity index (χ0) is 12.7. The Labute approximate surface area is 99.7 Å². The van der Waals surface area contributed by atoms with Crippen molar-refractivity contribution in [3.63, 3.8) is 0 Å². The first-order valence-corrected chi connectivity index (χ1v) is 4.97. The van der Waals surface area contributed by atoms with Crippen molar-refractivity contribution in [1.29, 1.82) is 0 Å². The van der Waals surface area contributed by atoms with Crippen LogP contribution in [0.2, 0.25) is 5.02 Å². The van der Waals surface area contributed by atoms with E-state index in [2.05, 4.69) is 4.98 Å². The molecule has 0 unspecified atom stereocenters. The number of carbonyl (C=O) groups is 1. The number of fused-ring (bicyclic) bond motifs is 1. The summed E-state index contributed by atoms with van der Waals surface area (Å²) in [7, 11) is 0. The van der Waals surface area contributed by atoms with Crippen LogP contribution in [0.25, 0.3) is 10.9 Å². The van der Waals surface area contributed by atoms with Crippen molar-refractivity contribution in [3.05, 3.63) is 40.0 Å². The molecular formula is C11H6ClF2NO2. The van der Waals surface area contributed by atoms with Crippen LogP contribution >= 0.6 is 11.6 Å². The first-order valence-electron chi connectivity index (χ1n) is 4.60. The lowest BCUT2D eigenvalue weighted by molar-refractivity contribution is 0.0690. The summed E-state index contributed by atoms with van der Waals surface area (Å²) in [6, 6.07) is 1.65. The smallest absolute Gasteiger partial charge is 0.354 e. The molecule has 0 fully saturated rings. The largest absolute Gasteiger partial charge is 0.477 e. The van der Waals surface area contributed by atoms with Crippen molar-refractivity contribution in [3.8, 4) is 0 Å². The number of nitrogens with zero attached hydrogens (tertiary/aromatic N) is 1. The van der Waals surface area contributed by atoms with Gasteiger partial charge in [-0.2, -0.15) is 0 Å². The summed E-state index contributed by atoms with van der Waals surface area (Å²) in [5.74, 6) is -3.04. The highest BCUT2D eigenvalue weighted by molar-refractivity contribution is 6.36. The lowest BCUT2D eigenvalue weighted by Gasteiger charge is -2.07. The highest BCUT2D eigenvalue weighted by Gasteiger charge is 2.18. The zero-order valence-electron chi connectivity index (χ0n) is 8.59. The van der Waals surface area contributed by atoms with Crippen molar-refractivity contribution in [2.75, 3.05) is 0 Å². The average Bonchev–Trinajstić information content (AvgIpc) is 2.23. The van der Waals surface area contributed by atoms with Crippen molar-refractivity contribution in [2.24, 2.45) is 0 Å². The number of rotatable bonds is 1. The molecule has 6 heteroatoms. The molecule has 0 bridgehead atoms. The summed E-state index contributed by atoms with van der Waals surface area (Å²) in [5, 5.41) is 8.93. The van der Waals surface area contributed by atoms with Gasteiger partial charge in [0.05, 0.1) is 5.02 Å². The molecule has 0 spiro atoms.